The summed E-state index contributed by atoms with van der Waals surface area (Å²) >= 11 is 0. The Balaban J connectivity index is 3.59. The van der Waals surface area contributed by atoms with Crippen LogP contribution in [0.5, 0.6) is 0 Å². The first kappa shape index (κ1) is 12.1. The molecule has 0 unspecified atom stereocenters. The van der Waals surface area contributed by atoms with Gasteiger partial charge in [-0.15, -0.1) is 0 Å². The normalized spacial score (nSPS) is 12.5. The Labute approximate surface area is 77.4 Å². The standard InChI is InChI=1S/C9H16FNO2/c1-7(8(10)6-11)4-2-3-5-9(12)13/h2-6,11H2,1H3,(H,12,13)/b8-7+. The molecule has 0 aliphatic carbocycles. The molecule has 0 saturated heterocycles. The smallest absolute Gasteiger partial charge is 0.303 e. The third-order valence-electron chi connectivity index (χ3n) is 1.83. The van der Waals surface area contributed by atoms with Crippen molar-refractivity contribution in [1.82, 2.24) is 0 Å². The van der Waals surface area contributed by atoms with E-state index in [9.17, 15) is 9.18 Å². The maximum Gasteiger partial charge on any atom is 0.303 e. The molecular formula is C9H16FNO2. The monoisotopic (exact) mass is 189 g/mol. The van der Waals surface area contributed by atoms with E-state index in [-0.39, 0.29) is 18.8 Å². The van der Waals surface area contributed by atoms with Crippen molar-refractivity contribution in [3.63, 3.8) is 0 Å². The maximum absolute atomic E-state index is 12.7. The molecule has 0 aromatic heterocycles. The molecule has 0 fully saturated rings. The molecule has 0 saturated carbocycles. The second-order valence-corrected chi connectivity index (χ2v) is 2.99. The molecule has 3 nitrogen and oxygen atoms in total. The molecule has 0 amide bonds. The summed E-state index contributed by atoms with van der Waals surface area (Å²) in [6, 6.07) is 0. The van der Waals surface area contributed by atoms with E-state index in [2.05, 4.69) is 0 Å². The Hall–Kier alpha value is -0.900. The van der Waals surface area contributed by atoms with Gasteiger partial charge < -0.3 is 10.8 Å². The number of carbonyl (C=O) groups is 1. The minimum Gasteiger partial charge on any atom is -0.481 e. The number of unbranched alkanes of at least 4 members (excludes halogenated alkanes) is 1. The van der Waals surface area contributed by atoms with E-state index >= 15 is 0 Å². The number of carboxylic acids is 1. The van der Waals surface area contributed by atoms with Crippen LogP contribution < -0.4 is 5.73 Å². The summed E-state index contributed by atoms with van der Waals surface area (Å²) in [4.78, 5) is 10.1. The minimum absolute atomic E-state index is 0.0647. The van der Waals surface area contributed by atoms with Crippen LogP contribution in [0.2, 0.25) is 0 Å². The average Bonchev–Trinajstić information content (AvgIpc) is 2.10. The van der Waals surface area contributed by atoms with Crippen LogP contribution in [0.25, 0.3) is 0 Å². The van der Waals surface area contributed by atoms with Gasteiger partial charge in [0.2, 0.25) is 0 Å². The second kappa shape index (κ2) is 6.60. The third-order valence-corrected chi connectivity index (χ3v) is 1.83. The van der Waals surface area contributed by atoms with Crippen LogP contribution in [0.3, 0.4) is 0 Å². The molecule has 76 valence electrons. The van der Waals surface area contributed by atoms with E-state index in [0.29, 0.717) is 24.8 Å². The molecule has 0 rings (SSSR count). The van der Waals surface area contributed by atoms with Crippen molar-refractivity contribution in [2.75, 3.05) is 6.54 Å². The van der Waals surface area contributed by atoms with Gasteiger partial charge in [0.1, 0.15) is 5.83 Å². The SMILES string of the molecule is C/C(CCCCC(=O)O)=C(\F)CN. The van der Waals surface area contributed by atoms with Crippen LogP contribution >= 0.6 is 0 Å². The highest BCUT2D eigenvalue weighted by molar-refractivity contribution is 5.66. The molecule has 4 heteroatoms. The van der Waals surface area contributed by atoms with Crippen molar-refractivity contribution in [3.8, 4) is 0 Å². The van der Waals surface area contributed by atoms with Crippen molar-refractivity contribution in [1.29, 1.82) is 0 Å². The molecule has 0 aliphatic heterocycles. The zero-order chi connectivity index (χ0) is 10.3. The first-order chi connectivity index (χ1) is 6.07. The fourth-order valence-electron chi connectivity index (χ4n) is 0.976. The van der Waals surface area contributed by atoms with Gasteiger partial charge >= 0.3 is 5.97 Å². The lowest BCUT2D eigenvalue weighted by Gasteiger charge is -2.01. The van der Waals surface area contributed by atoms with Crippen molar-refractivity contribution in [3.05, 3.63) is 11.4 Å². The number of nitrogens with two attached hydrogens (primary N) is 1. The van der Waals surface area contributed by atoms with E-state index in [1.807, 2.05) is 0 Å². The Kier molecular flexibility index (Phi) is 6.14. The zero-order valence-electron chi connectivity index (χ0n) is 7.85. The molecule has 0 spiro atoms. The summed E-state index contributed by atoms with van der Waals surface area (Å²) in [6.07, 6.45) is 2.03. The maximum atomic E-state index is 12.7. The number of halogens is 1. The van der Waals surface area contributed by atoms with Crippen LogP contribution in [-0.2, 0) is 4.79 Å². The van der Waals surface area contributed by atoms with Crippen molar-refractivity contribution in [2.45, 2.75) is 32.6 Å². The Morgan fingerprint density at radius 1 is 1.38 bits per heavy atom. The summed E-state index contributed by atoms with van der Waals surface area (Å²) in [6.45, 7) is 1.62. The van der Waals surface area contributed by atoms with Crippen molar-refractivity contribution < 1.29 is 14.3 Å². The van der Waals surface area contributed by atoms with Gasteiger partial charge in [-0.1, -0.05) is 0 Å². The topological polar surface area (TPSA) is 63.3 Å². The molecule has 0 radical (unpaired) electrons. The van der Waals surface area contributed by atoms with E-state index < -0.39 is 5.97 Å². The van der Waals surface area contributed by atoms with E-state index in [1.54, 1.807) is 6.92 Å². The van der Waals surface area contributed by atoms with Gasteiger partial charge in [-0.3, -0.25) is 4.79 Å². The largest absolute Gasteiger partial charge is 0.481 e. The van der Waals surface area contributed by atoms with Crippen LogP contribution in [0, 0.1) is 0 Å². The highest BCUT2D eigenvalue weighted by Crippen LogP contribution is 2.12. The van der Waals surface area contributed by atoms with Gasteiger partial charge in [0.05, 0.1) is 0 Å². The quantitative estimate of drug-likeness (QED) is 0.626. The Bertz CT molecular complexity index is 202. The number of carboxylic acid groups (broad SMARTS) is 1. The summed E-state index contributed by atoms with van der Waals surface area (Å²) in [7, 11) is 0. The first-order valence-electron chi connectivity index (χ1n) is 4.34. The molecule has 0 atom stereocenters. The summed E-state index contributed by atoms with van der Waals surface area (Å²) in [5.41, 5.74) is 5.73. The summed E-state index contributed by atoms with van der Waals surface area (Å²) in [5.74, 6) is -1.09. The zero-order valence-corrected chi connectivity index (χ0v) is 7.85. The van der Waals surface area contributed by atoms with E-state index in [0.717, 1.165) is 0 Å². The highest BCUT2D eigenvalue weighted by atomic mass is 19.1. The van der Waals surface area contributed by atoms with Gasteiger partial charge in [-0.2, -0.15) is 0 Å². The number of hydrogen-bond acceptors (Lipinski definition) is 2. The predicted molar refractivity (Wildman–Crippen MR) is 49.0 cm³/mol. The van der Waals surface area contributed by atoms with Gasteiger partial charge in [0.15, 0.2) is 0 Å². The Morgan fingerprint density at radius 2 is 1.92 bits per heavy atom. The van der Waals surface area contributed by atoms with Crippen LogP contribution in [-0.4, -0.2) is 17.6 Å². The molecule has 0 bridgehead atoms. The summed E-state index contributed by atoms with van der Waals surface area (Å²) < 4.78 is 12.7. The lowest BCUT2D eigenvalue weighted by Crippen LogP contribution is -2.01. The van der Waals surface area contributed by atoms with Gasteiger partial charge in [-0.25, -0.2) is 4.39 Å². The number of allylic oxidation sites excluding steroid dienone is 1. The molecule has 3 N–H and O–H groups in total. The molecule has 13 heavy (non-hydrogen) atoms. The van der Waals surface area contributed by atoms with Crippen molar-refractivity contribution in [2.24, 2.45) is 5.73 Å². The summed E-state index contributed by atoms with van der Waals surface area (Å²) in [5, 5.41) is 8.33. The van der Waals surface area contributed by atoms with Gasteiger partial charge in [0.25, 0.3) is 0 Å². The minimum atomic E-state index is -0.805. The predicted octanol–water partition coefficient (Wildman–Crippen LogP) is 1.83. The molecular weight excluding hydrogens is 173 g/mol. The van der Waals surface area contributed by atoms with Crippen molar-refractivity contribution >= 4 is 5.97 Å². The molecule has 0 aromatic carbocycles. The van der Waals surface area contributed by atoms with Crippen LogP contribution in [0.15, 0.2) is 11.4 Å². The lowest BCUT2D eigenvalue weighted by molar-refractivity contribution is -0.137. The van der Waals surface area contributed by atoms with Crippen LogP contribution in [0.4, 0.5) is 4.39 Å². The Morgan fingerprint density at radius 3 is 2.38 bits per heavy atom. The fraction of sp³-hybridized carbons (Fsp3) is 0.667. The van der Waals surface area contributed by atoms with Crippen LogP contribution in [0.1, 0.15) is 32.6 Å². The molecule has 0 aliphatic rings. The van der Waals surface area contributed by atoms with E-state index in [1.165, 1.54) is 0 Å². The van der Waals surface area contributed by atoms with Gasteiger partial charge in [0, 0.05) is 13.0 Å². The highest BCUT2D eigenvalue weighted by Gasteiger charge is 2.00. The number of aliphatic carboxylic acids is 1. The fourth-order valence-corrected chi connectivity index (χ4v) is 0.976. The van der Waals surface area contributed by atoms with Gasteiger partial charge in [-0.05, 0) is 31.8 Å². The van der Waals surface area contributed by atoms with E-state index in [4.69, 9.17) is 10.8 Å². The number of hydrogen-bond donors (Lipinski definition) is 2. The third kappa shape index (κ3) is 6.28. The second-order valence-electron chi connectivity index (χ2n) is 2.99. The first-order valence-corrected chi connectivity index (χ1v) is 4.34. The lowest BCUT2D eigenvalue weighted by atomic mass is 10.1. The molecule has 0 aromatic rings. The molecule has 0 heterocycles. The average molecular weight is 189 g/mol. The number of rotatable bonds is 6.